The van der Waals surface area contributed by atoms with Gasteiger partial charge in [0.2, 0.25) is 0 Å². The molecule has 1 aromatic heterocycles. The molecule has 0 atom stereocenters. The average Bonchev–Trinajstić information content (AvgIpc) is 3.16. The minimum atomic E-state index is -0.507. The molecule has 27 heavy (non-hydrogen) atoms. The molecule has 4 rings (SSSR count). The number of rotatable bonds is 2. The third kappa shape index (κ3) is 3.84. The summed E-state index contributed by atoms with van der Waals surface area (Å²) in [6, 6.07) is 5.13. The molecule has 3 aliphatic heterocycles. The topological polar surface area (TPSA) is 72.0 Å². The maximum absolute atomic E-state index is 12.9. The highest BCUT2D eigenvalue weighted by molar-refractivity contribution is 5.96. The van der Waals surface area contributed by atoms with Gasteiger partial charge in [-0.3, -0.25) is 9.59 Å². The number of piperidine rings is 2. The molecule has 1 aromatic rings. The van der Waals surface area contributed by atoms with Gasteiger partial charge in [-0.1, -0.05) is 13.0 Å². The van der Waals surface area contributed by atoms with Crippen LogP contribution in [0.25, 0.3) is 0 Å². The lowest BCUT2D eigenvalue weighted by molar-refractivity contribution is -0.181. The van der Waals surface area contributed by atoms with Crippen LogP contribution in [0.5, 0.6) is 0 Å². The molecule has 3 aliphatic rings. The second-order valence-electron chi connectivity index (χ2n) is 7.78. The Morgan fingerprint density at radius 3 is 2.04 bits per heavy atom. The molecule has 0 radical (unpaired) electrons. The predicted molar refractivity (Wildman–Crippen MR) is 98.3 cm³/mol. The highest BCUT2D eigenvalue weighted by Crippen LogP contribution is 2.31. The van der Waals surface area contributed by atoms with Crippen LogP contribution >= 0.6 is 0 Å². The zero-order chi connectivity index (χ0) is 18.9. The average molecular weight is 373 g/mol. The van der Waals surface area contributed by atoms with Crippen molar-refractivity contribution in [3.63, 3.8) is 0 Å². The van der Waals surface area contributed by atoms with Gasteiger partial charge in [0.1, 0.15) is 11.4 Å². The number of hydrogen-bond acceptors (Lipinski definition) is 5. The largest absolute Gasteiger partial charge is 0.347 e. The summed E-state index contributed by atoms with van der Waals surface area (Å²) in [5.41, 5.74) is 0.682. The van der Waals surface area contributed by atoms with Gasteiger partial charge in [-0.15, -0.1) is 0 Å². The van der Waals surface area contributed by atoms with E-state index in [-0.39, 0.29) is 11.8 Å². The third-order valence-electron chi connectivity index (χ3n) is 5.88. The first kappa shape index (κ1) is 18.4. The molecular formula is C20H27N3O4. The molecular weight excluding hydrogens is 346 g/mol. The molecule has 4 heterocycles. The Bertz CT molecular complexity index is 699. The quantitative estimate of drug-likeness (QED) is 0.792. The van der Waals surface area contributed by atoms with E-state index in [0.29, 0.717) is 56.5 Å². The van der Waals surface area contributed by atoms with Crippen LogP contribution in [-0.2, 0) is 9.47 Å². The van der Waals surface area contributed by atoms with Gasteiger partial charge in [0.05, 0.1) is 13.2 Å². The summed E-state index contributed by atoms with van der Waals surface area (Å²) in [7, 11) is 0. The van der Waals surface area contributed by atoms with Crippen molar-refractivity contribution in [3.05, 3.63) is 29.6 Å². The molecule has 3 fully saturated rings. The number of aromatic nitrogens is 1. The van der Waals surface area contributed by atoms with E-state index < -0.39 is 5.79 Å². The first-order chi connectivity index (χ1) is 13.1. The lowest BCUT2D eigenvalue weighted by Gasteiger charge is -2.37. The van der Waals surface area contributed by atoms with E-state index >= 15 is 0 Å². The minimum Gasteiger partial charge on any atom is -0.347 e. The zero-order valence-electron chi connectivity index (χ0n) is 15.9. The number of hydrogen-bond donors (Lipinski definition) is 0. The molecule has 0 unspecified atom stereocenters. The highest BCUT2D eigenvalue weighted by Gasteiger charge is 2.41. The van der Waals surface area contributed by atoms with E-state index in [1.807, 2.05) is 4.90 Å². The summed E-state index contributed by atoms with van der Waals surface area (Å²) in [4.78, 5) is 33.6. The van der Waals surface area contributed by atoms with Gasteiger partial charge >= 0.3 is 0 Å². The standard InChI is InChI=1S/C20H27N3O4/c1-15-5-9-22(10-6-15)18(24)16-3-2-4-17(21-16)19(25)23-11-7-20(8-12-23)26-13-14-27-20/h2-4,15H,5-14H2,1H3. The van der Waals surface area contributed by atoms with E-state index in [9.17, 15) is 9.59 Å². The minimum absolute atomic E-state index is 0.0816. The molecule has 2 amide bonds. The number of pyridine rings is 1. The molecule has 1 spiro atoms. The van der Waals surface area contributed by atoms with Crippen LogP contribution < -0.4 is 0 Å². The van der Waals surface area contributed by atoms with E-state index in [1.165, 1.54) is 0 Å². The van der Waals surface area contributed by atoms with Crippen molar-refractivity contribution in [2.75, 3.05) is 39.4 Å². The number of nitrogens with zero attached hydrogens (tertiary/aromatic N) is 3. The summed E-state index contributed by atoms with van der Waals surface area (Å²) < 4.78 is 11.4. The van der Waals surface area contributed by atoms with Crippen molar-refractivity contribution in [1.29, 1.82) is 0 Å². The normalized spacial score (nSPS) is 23.0. The van der Waals surface area contributed by atoms with Gasteiger partial charge in [-0.2, -0.15) is 0 Å². The Labute approximate surface area is 159 Å². The van der Waals surface area contributed by atoms with Gasteiger partial charge in [-0.25, -0.2) is 4.98 Å². The Balaban J connectivity index is 1.41. The van der Waals surface area contributed by atoms with Crippen molar-refractivity contribution in [2.24, 2.45) is 5.92 Å². The summed E-state index contributed by atoms with van der Waals surface area (Å²) in [6.45, 7) is 6.11. The maximum atomic E-state index is 12.9. The van der Waals surface area contributed by atoms with Crippen LogP contribution in [0.15, 0.2) is 18.2 Å². The summed E-state index contributed by atoms with van der Waals surface area (Å²) in [5.74, 6) is -0.0650. The van der Waals surface area contributed by atoms with E-state index in [1.54, 1.807) is 23.1 Å². The van der Waals surface area contributed by atoms with Crippen molar-refractivity contribution >= 4 is 11.8 Å². The van der Waals surface area contributed by atoms with Gasteiger partial charge in [0, 0.05) is 39.0 Å². The zero-order valence-corrected chi connectivity index (χ0v) is 15.9. The molecule has 7 heteroatoms. The first-order valence-corrected chi connectivity index (χ1v) is 9.90. The van der Waals surface area contributed by atoms with Crippen LogP contribution in [0.4, 0.5) is 0 Å². The fraction of sp³-hybridized carbons (Fsp3) is 0.650. The monoisotopic (exact) mass is 373 g/mol. The molecule has 3 saturated heterocycles. The second kappa shape index (κ2) is 7.56. The fourth-order valence-electron chi connectivity index (χ4n) is 4.04. The van der Waals surface area contributed by atoms with Crippen LogP contribution in [0, 0.1) is 5.92 Å². The molecule has 0 aliphatic carbocycles. The summed E-state index contributed by atoms with van der Waals surface area (Å²) in [5, 5.41) is 0. The van der Waals surface area contributed by atoms with E-state index in [4.69, 9.17) is 9.47 Å². The van der Waals surface area contributed by atoms with Crippen molar-refractivity contribution in [2.45, 2.75) is 38.4 Å². The molecule has 0 N–H and O–H groups in total. The molecule has 0 bridgehead atoms. The first-order valence-electron chi connectivity index (χ1n) is 9.90. The smallest absolute Gasteiger partial charge is 0.272 e. The molecule has 7 nitrogen and oxygen atoms in total. The second-order valence-corrected chi connectivity index (χ2v) is 7.78. The van der Waals surface area contributed by atoms with E-state index in [0.717, 1.165) is 25.9 Å². The Kier molecular flexibility index (Phi) is 5.14. The number of likely N-dealkylation sites (tertiary alicyclic amines) is 2. The molecule has 0 saturated carbocycles. The number of carbonyl (C=O) groups is 2. The van der Waals surface area contributed by atoms with Crippen LogP contribution in [0.3, 0.4) is 0 Å². The molecule has 0 aromatic carbocycles. The number of carbonyl (C=O) groups excluding carboxylic acids is 2. The Hall–Kier alpha value is -1.99. The predicted octanol–water partition coefficient (Wildman–Crippen LogP) is 1.93. The van der Waals surface area contributed by atoms with Crippen LogP contribution in [0.1, 0.15) is 53.6 Å². The lowest BCUT2D eigenvalue weighted by atomic mass is 9.99. The van der Waals surface area contributed by atoms with Gasteiger partial charge in [0.25, 0.3) is 11.8 Å². The summed E-state index contributed by atoms with van der Waals surface area (Å²) >= 11 is 0. The van der Waals surface area contributed by atoms with Crippen LogP contribution in [-0.4, -0.2) is 71.8 Å². The highest BCUT2D eigenvalue weighted by atomic mass is 16.7. The SMILES string of the molecule is CC1CCN(C(=O)c2cccc(C(=O)N3CCC4(CC3)OCCO4)n2)CC1. The van der Waals surface area contributed by atoms with Crippen molar-refractivity contribution < 1.29 is 19.1 Å². The van der Waals surface area contributed by atoms with Gasteiger partial charge < -0.3 is 19.3 Å². The third-order valence-corrected chi connectivity index (χ3v) is 5.88. The Morgan fingerprint density at radius 2 is 1.48 bits per heavy atom. The van der Waals surface area contributed by atoms with Crippen molar-refractivity contribution in [1.82, 2.24) is 14.8 Å². The lowest BCUT2D eigenvalue weighted by Crippen LogP contribution is -2.47. The van der Waals surface area contributed by atoms with Crippen LogP contribution in [0.2, 0.25) is 0 Å². The Morgan fingerprint density at radius 1 is 0.963 bits per heavy atom. The maximum Gasteiger partial charge on any atom is 0.272 e. The number of amides is 2. The fourth-order valence-corrected chi connectivity index (χ4v) is 4.04. The molecule has 146 valence electrons. The van der Waals surface area contributed by atoms with Gasteiger partial charge in [-0.05, 0) is 30.9 Å². The summed E-state index contributed by atoms with van der Waals surface area (Å²) in [6.07, 6.45) is 3.38. The van der Waals surface area contributed by atoms with E-state index in [2.05, 4.69) is 11.9 Å². The number of ether oxygens (including phenoxy) is 2. The van der Waals surface area contributed by atoms with Crippen molar-refractivity contribution in [3.8, 4) is 0 Å². The van der Waals surface area contributed by atoms with Gasteiger partial charge in [0.15, 0.2) is 5.79 Å².